The Kier molecular flexibility index (Phi) is 4.57. The monoisotopic (exact) mass is 336 g/mol. The third-order valence-corrected chi connectivity index (χ3v) is 4.71. The largest absolute Gasteiger partial charge is 0.444 e. The van der Waals surface area contributed by atoms with Crippen LogP contribution in [0.3, 0.4) is 0 Å². The smallest absolute Gasteiger partial charge is 0.410 e. The van der Waals surface area contributed by atoms with Crippen molar-refractivity contribution in [3.05, 3.63) is 12.3 Å². The Morgan fingerprint density at radius 3 is 2.79 bits per heavy atom. The number of aliphatic hydroxyl groups is 1. The molecule has 2 N–H and O–H groups in total. The van der Waals surface area contributed by atoms with Gasteiger partial charge < -0.3 is 25.0 Å². The standard InChI is InChI=1S/C17H28N4O3/c1-16(2,3)24-15(22)20-11-9-18-13(12-20)14-19-8-5-10-21(14)17(23)6-4-7-17/h5,8,10,13-14,18,23H,4,6-7,9,11-12H2,1-3H3. The summed E-state index contributed by atoms with van der Waals surface area (Å²) in [6.45, 7) is 7.42. The minimum absolute atomic E-state index is 0.0444. The predicted octanol–water partition coefficient (Wildman–Crippen LogP) is 1.29. The van der Waals surface area contributed by atoms with Crippen LogP contribution >= 0.6 is 0 Å². The molecule has 0 bridgehead atoms. The molecule has 24 heavy (non-hydrogen) atoms. The van der Waals surface area contributed by atoms with Crippen molar-refractivity contribution in [2.24, 2.45) is 4.99 Å². The van der Waals surface area contributed by atoms with E-state index in [-0.39, 0.29) is 18.3 Å². The van der Waals surface area contributed by atoms with E-state index in [2.05, 4.69) is 10.3 Å². The fourth-order valence-electron chi connectivity index (χ4n) is 3.33. The average molecular weight is 336 g/mol. The zero-order valence-electron chi connectivity index (χ0n) is 14.7. The maximum absolute atomic E-state index is 12.3. The first-order chi connectivity index (χ1) is 11.3. The second-order valence-corrected chi connectivity index (χ2v) is 7.78. The normalized spacial score (nSPS) is 29.3. The van der Waals surface area contributed by atoms with Crippen LogP contribution < -0.4 is 5.32 Å². The number of hydrogen-bond donors (Lipinski definition) is 2. The fourth-order valence-corrected chi connectivity index (χ4v) is 3.33. The molecule has 1 saturated carbocycles. The summed E-state index contributed by atoms with van der Waals surface area (Å²) in [4.78, 5) is 20.6. The van der Waals surface area contributed by atoms with E-state index >= 15 is 0 Å². The Morgan fingerprint density at radius 1 is 1.42 bits per heavy atom. The van der Waals surface area contributed by atoms with Crippen molar-refractivity contribution in [2.45, 2.75) is 63.6 Å². The first kappa shape index (κ1) is 17.2. The third kappa shape index (κ3) is 3.57. The minimum atomic E-state index is -0.811. The van der Waals surface area contributed by atoms with Crippen LogP contribution in [-0.4, -0.2) is 70.4 Å². The van der Waals surface area contributed by atoms with Gasteiger partial charge in [-0.2, -0.15) is 0 Å². The summed E-state index contributed by atoms with van der Waals surface area (Å²) in [5.74, 6) is 0. The summed E-state index contributed by atoms with van der Waals surface area (Å²) in [5.41, 5.74) is -1.31. The SMILES string of the molecule is CC(C)(C)OC(=O)N1CCNC(C2N=CC=CN2C2(O)CCC2)C1. The number of piperazine rings is 1. The molecule has 1 amide bonds. The number of ether oxygens (including phenoxy) is 1. The van der Waals surface area contributed by atoms with Crippen LogP contribution in [-0.2, 0) is 4.74 Å². The highest BCUT2D eigenvalue weighted by Crippen LogP contribution is 2.38. The molecule has 0 aromatic rings. The molecule has 0 aromatic heterocycles. The molecule has 1 aliphatic carbocycles. The number of nitrogens with zero attached hydrogens (tertiary/aromatic N) is 3. The first-order valence-corrected chi connectivity index (χ1v) is 8.71. The molecule has 2 aliphatic heterocycles. The number of carbonyl (C=O) groups is 1. The van der Waals surface area contributed by atoms with Gasteiger partial charge >= 0.3 is 6.09 Å². The van der Waals surface area contributed by atoms with Crippen LogP contribution in [0.25, 0.3) is 0 Å². The van der Waals surface area contributed by atoms with E-state index in [9.17, 15) is 9.90 Å². The van der Waals surface area contributed by atoms with Gasteiger partial charge in [0.15, 0.2) is 0 Å². The molecule has 1 saturated heterocycles. The van der Waals surface area contributed by atoms with E-state index in [1.807, 2.05) is 37.9 Å². The zero-order valence-corrected chi connectivity index (χ0v) is 14.7. The van der Waals surface area contributed by atoms with Gasteiger partial charge in [0.2, 0.25) is 0 Å². The summed E-state index contributed by atoms with van der Waals surface area (Å²) in [5, 5.41) is 14.2. The molecule has 0 aromatic carbocycles. The summed E-state index contributed by atoms with van der Waals surface area (Å²) in [6, 6.07) is -0.0444. The summed E-state index contributed by atoms with van der Waals surface area (Å²) < 4.78 is 5.48. The quantitative estimate of drug-likeness (QED) is 0.795. The van der Waals surface area contributed by atoms with Gasteiger partial charge in [0.25, 0.3) is 0 Å². The number of rotatable bonds is 2. The molecule has 2 unspecified atom stereocenters. The highest BCUT2D eigenvalue weighted by atomic mass is 16.6. The number of amides is 1. The Bertz CT molecular complexity index is 536. The lowest BCUT2D eigenvalue weighted by atomic mass is 9.85. The van der Waals surface area contributed by atoms with E-state index in [0.717, 1.165) is 19.3 Å². The molecule has 134 valence electrons. The highest BCUT2D eigenvalue weighted by Gasteiger charge is 2.45. The van der Waals surface area contributed by atoms with Gasteiger partial charge in [0, 0.05) is 32.0 Å². The van der Waals surface area contributed by atoms with Gasteiger partial charge in [0.1, 0.15) is 17.5 Å². The topological polar surface area (TPSA) is 77.4 Å². The van der Waals surface area contributed by atoms with Crippen molar-refractivity contribution in [3.63, 3.8) is 0 Å². The number of allylic oxidation sites excluding steroid dienone is 1. The van der Waals surface area contributed by atoms with Crippen LogP contribution in [0.5, 0.6) is 0 Å². The molecule has 2 atom stereocenters. The Hall–Kier alpha value is -1.60. The number of carbonyl (C=O) groups excluding carboxylic acids is 1. The predicted molar refractivity (Wildman–Crippen MR) is 91.7 cm³/mol. The second kappa shape index (κ2) is 6.37. The molecule has 3 aliphatic rings. The third-order valence-electron chi connectivity index (χ3n) is 4.71. The summed E-state index contributed by atoms with van der Waals surface area (Å²) in [6.07, 6.45) is 7.55. The maximum Gasteiger partial charge on any atom is 0.410 e. The van der Waals surface area contributed by atoms with Crippen LogP contribution in [0.15, 0.2) is 17.3 Å². The van der Waals surface area contributed by atoms with E-state index in [0.29, 0.717) is 19.6 Å². The van der Waals surface area contributed by atoms with Crippen molar-refractivity contribution in [2.75, 3.05) is 19.6 Å². The number of hydrogen-bond acceptors (Lipinski definition) is 6. The lowest BCUT2D eigenvalue weighted by molar-refractivity contribution is -0.160. The van der Waals surface area contributed by atoms with Crippen LogP contribution in [0.2, 0.25) is 0 Å². The molecule has 0 radical (unpaired) electrons. The van der Waals surface area contributed by atoms with Gasteiger partial charge in [-0.3, -0.25) is 4.99 Å². The Morgan fingerprint density at radius 2 is 2.17 bits per heavy atom. The molecule has 0 spiro atoms. The first-order valence-electron chi connectivity index (χ1n) is 8.71. The lowest BCUT2D eigenvalue weighted by Gasteiger charge is -2.51. The minimum Gasteiger partial charge on any atom is -0.444 e. The molecule has 3 rings (SSSR count). The summed E-state index contributed by atoms with van der Waals surface area (Å²) >= 11 is 0. The molecule has 7 heteroatoms. The van der Waals surface area contributed by atoms with Crippen LogP contribution in [0.4, 0.5) is 4.79 Å². The van der Waals surface area contributed by atoms with Crippen molar-refractivity contribution >= 4 is 12.3 Å². The molecule has 7 nitrogen and oxygen atoms in total. The van der Waals surface area contributed by atoms with Crippen LogP contribution in [0, 0.1) is 0 Å². The van der Waals surface area contributed by atoms with E-state index in [4.69, 9.17) is 4.74 Å². The van der Waals surface area contributed by atoms with Gasteiger partial charge in [-0.15, -0.1) is 0 Å². The van der Waals surface area contributed by atoms with Crippen molar-refractivity contribution in [1.29, 1.82) is 0 Å². The maximum atomic E-state index is 12.3. The lowest BCUT2D eigenvalue weighted by Crippen LogP contribution is -2.65. The molecular formula is C17H28N4O3. The van der Waals surface area contributed by atoms with Crippen molar-refractivity contribution in [3.8, 4) is 0 Å². The average Bonchev–Trinajstić information content (AvgIpc) is 2.51. The number of aliphatic imine (C=N–C) groups is 1. The van der Waals surface area contributed by atoms with Gasteiger partial charge in [-0.25, -0.2) is 4.79 Å². The van der Waals surface area contributed by atoms with E-state index in [1.54, 1.807) is 11.1 Å². The molecule has 2 heterocycles. The highest BCUT2D eigenvalue weighted by molar-refractivity contribution is 5.72. The fraction of sp³-hybridized carbons (Fsp3) is 0.765. The van der Waals surface area contributed by atoms with E-state index < -0.39 is 11.3 Å². The second-order valence-electron chi connectivity index (χ2n) is 7.78. The summed E-state index contributed by atoms with van der Waals surface area (Å²) in [7, 11) is 0. The Balaban J connectivity index is 1.68. The van der Waals surface area contributed by atoms with Gasteiger partial charge in [0.05, 0.1) is 6.04 Å². The zero-order chi connectivity index (χ0) is 17.4. The van der Waals surface area contributed by atoms with Gasteiger partial charge in [-0.1, -0.05) is 0 Å². The van der Waals surface area contributed by atoms with E-state index in [1.165, 1.54) is 0 Å². The molecular weight excluding hydrogens is 308 g/mol. The molecule has 2 fully saturated rings. The number of nitrogens with one attached hydrogen (secondary N) is 1. The Labute approximate surface area is 143 Å². The van der Waals surface area contributed by atoms with Gasteiger partial charge in [-0.05, 0) is 46.1 Å². The van der Waals surface area contributed by atoms with Crippen molar-refractivity contribution in [1.82, 2.24) is 15.1 Å². The van der Waals surface area contributed by atoms with Crippen LogP contribution in [0.1, 0.15) is 40.0 Å². The van der Waals surface area contributed by atoms with Crippen molar-refractivity contribution < 1.29 is 14.6 Å².